The number of ether oxygens (including phenoxy) is 1. The number of carbonyl (C=O) groups excluding carboxylic acids is 2. The van der Waals surface area contributed by atoms with Crippen LogP contribution in [0.15, 0.2) is 54.6 Å². The average Bonchev–Trinajstić information content (AvgIpc) is 3.34. The summed E-state index contributed by atoms with van der Waals surface area (Å²) < 4.78 is 18.2. The van der Waals surface area contributed by atoms with Crippen molar-refractivity contribution in [1.29, 1.82) is 0 Å². The summed E-state index contributed by atoms with van der Waals surface area (Å²) in [5.74, 6) is -1.78. The lowest BCUT2D eigenvalue weighted by atomic mass is 10.1. The highest BCUT2D eigenvalue weighted by atomic mass is 19.1. The largest absolute Gasteiger partial charge is 0.447 e. The maximum absolute atomic E-state index is 12.9. The first kappa shape index (κ1) is 15.2. The second-order valence-corrected chi connectivity index (χ2v) is 5.63. The lowest BCUT2D eigenvalue weighted by Gasteiger charge is -2.15. The predicted octanol–water partition coefficient (Wildman–Crippen LogP) is 2.70. The van der Waals surface area contributed by atoms with Gasteiger partial charge in [-0.1, -0.05) is 42.5 Å². The van der Waals surface area contributed by atoms with E-state index in [2.05, 4.69) is 0 Å². The van der Waals surface area contributed by atoms with E-state index >= 15 is 0 Å². The molecule has 0 radical (unpaired) electrons. The third-order valence-corrected chi connectivity index (χ3v) is 3.99. The molecule has 1 fully saturated rings. The molecule has 1 saturated carbocycles. The molecule has 5 heteroatoms. The van der Waals surface area contributed by atoms with Gasteiger partial charge in [0, 0.05) is 5.56 Å². The Kier molecular flexibility index (Phi) is 4.10. The lowest BCUT2D eigenvalue weighted by molar-refractivity contribution is -0.156. The number of esters is 1. The summed E-state index contributed by atoms with van der Waals surface area (Å²) in [6.45, 7) is 0. The van der Waals surface area contributed by atoms with Crippen molar-refractivity contribution < 1.29 is 18.7 Å². The highest BCUT2D eigenvalue weighted by Gasteiger charge is 2.46. The van der Waals surface area contributed by atoms with Gasteiger partial charge in [-0.3, -0.25) is 9.59 Å². The quantitative estimate of drug-likeness (QED) is 0.863. The SMILES string of the molecule is NC(=O)[C@H](OC(=O)[C@H]1C[C@H]1c1ccc(F)cc1)c1ccccc1. The van der Waals surface area contributed by atoms with Gasteiger partial charge in [0.25, 0.3) is 5.91 Å². The second kappa shape index (κ2) is 6.20. The van der Waals surface area contributed by atoms with Gasteiger partial charge in [-0.15, -0.1) is 0 Å². The Balaban J connectivity index is 1.67. The molecule has 2 N–H and O–H groups in total. The molecule has 3 rings (SSSR count). The molecule has 2 aromatic carbocycles. The molecule has 1 aliphatic rings. The number of rotatable bonds is 5. The third-order valence-electron chi connectivity index (χ3n) is 3.99. The molecule has 3 atom stereocenters. The number of primary amides is 1. The van der Waals surface area contributed by atoms with Crippen LogP contribution < -0.4 is 5.73 Å². The van der Waals surface area contributed by atoms with E-state index in [1.54, 1.807) is 42.5 Å². The summed E-state index contributed by atoms with van der Waals surface area (Å²) >= 11 is 0. The summed E-state index contributed by atoms with van der Waals surface area (Å²) in [5, 5.41) is 0. The Bertz CT molecular complexity index is 715. The fraction of sp³-hybridized carbons (Fsp3) is 0.222. The zero-order valence-corrected chi connectivity index (χ0v) is 12.3. The molecule has 0 aromatic heterocycles. The van der Waals surface area contributed by atoms with Crippen molar-refractivity contribution >= 4 is 11.9 Å². The van der Waals surface area contributed by atoms with E-state index in [4.69, 9.17) is 10.5 Å². The molecule has 0 heterocycles. The Hall–Kier alpha value is -2.69. The van der Waals surface area contributed by atoms with Gasteiger partial charge < -0.3 is 10.5 Å². The van der Waals surface area contributed by atoms with Gasteiger partial charge in [-0.25, -0.2) is 4.39 Å². The van der Waals surface area contributed by atoms with Gasteiger partial charge in [-0.2, -0.15) is 0 Å². The fourth-order valence-electron chi connectivity index (χ4n) is 2.66. The van der Waals surface area contributed by atoms with Crippen LogP contribution in [0.4, 0.5) is 4.39 Å². The Morgan fingerprint density at radius 1 is 1.09 bits per heavy atom. The minimum Gasteiger partial charge on any atom is -0.447 e. The Morgan fingerprint density at radius 2 is 1.74 bits per heavy atom. The summed E-state index contributed by atoms with van der Waals surface area (Å²) in [6.07, 6.45) is -0.455. The maximum atomic E-state index is 12.9. The van der Waals surface area contributed by atoms with Gasteiger partial charge in [0.15, 0.2) is 0 Å². The van der Waals surface area contributed by atoms with Crippen molar-refractivity contribution in [1.82, 2.24) is 0 Å². The van der Waals surface area contributed by atoms with E-state index in [0.717, 1.165) is 5.56 Å². The van der Waals surface area contributed by atoms with Crippen molar-refractivity contribution in [3.05, 3.63) is 71.5 Å². The van der Waals surface area contributed by atoms with Gasteiger partial charge >= 0.3 is 5.97 Å². The monoisotopic (exact) mass is 313 g/mol. The molecular weight excluding hydrogens is 297 g/mol. The van der Waals surface area contributed by atoms with E-state index in [-0.39, 0.29) is 17.7 Å². The van der Waals surface area contributed by atoms with Crippen LogP contribution in [-0.2, 0) is 14.3 Å². The van der Waals surface area contributed by atoms with Crippen LogP contribution in [0.2, 0.25) is 0 Å². The number of hydrogen-bond acceptors (Lipinski definition) is 3. The molecule has 0 aliphatic heterocycles. The number of amides is 1. The van der Waals surface area contributed by atoms with Crippen LogP contribution in [0.5, 0.6) is 0 Å². The summed E-state index contributed by atoms with van der Waals surface area (Å²) in [7, 11) is 0. The zero-order valence-electron chi connectivity index (χ0n) is 12.3. The number of halogens is 1. The van der Waals surface area contributed by atoms with Crippen LogP contribution in [0.3, 0.4) is 0 Å². The van der Waals surface area contributed by atoms with Crippen molar-refractivity contribution in [2.24, 2.45) is 11.7 Å². The van der Waals surface area contributed by atoms with Crippen LogP contribution >= 0.6 is 0 Å². The first-order chi connectivity index (χ1) is 11.1. The number of nitrogens with two attached hydrogens (primary N) is 1. The van der Waals surface area contributed by atoms with Gasteiger partial charge in [0.1, 0.15) is 5.82 Å². The molecule has 23 heavy (non-hydrogen) atoms. The summed E-state index contributed by atoms with van der Waals surface area (Å²) in [4.78, 5) is 23.8. The highest BCUT2D eigenvalue weighted by Crippen LogP contribution is 2.48. The van der Waals surface area contributed by atoms with Crippen molar-refractivity contribution in [2.75, 3.05) is 0 Å². The molecule has 0 saturated heterocycles. The molecule has 2 aromatic rings. The summed E-state index contributed by atoms with van der Waals surface area (Å²) in [5.41, 5.74) is 6.78. The Labute approximate surface area is 133 Å². The molecule has 118 valence electrons. The molecule has 0 unspecified atom stereocenters. The molecule has 0 bridgehead atoms. The number of benzene rings is 2. The van der Waals surface area contributed by atoms with Crippen molar-refractivity contribution in [2.45, 2.75) is 18.4 Å². The van der Waals surface area contributed by atoms with E-state index in [1.165, 1.54) is 12.1 Å². The molecular formula is C18H16FNO3. The highest BCUT2D eigenvalue weighted by molar-refractivity contribution is 5.85. The minimum absolute atomic E-state index is 0.00685. The maximum Gasteiger partial charge on any atom is 0.310 e. The topological polar surface area (TPSA) is 69.4 Å². The van der Waals surface area contributed by atoms with E-state index in [0.29, 0.717) is 12.0 Å². The smallest absolute Gasteiger partial charge is 0.310 e. The van der Waals surface area contributed by atoms with Crippen LogP contribution in [0, 0.1) is 11.7 Å². The first-order valence-corrected chi connectivity index (χ1v) is 7.36. The van der Waals surface area contributed by atoms with E-state index in [1.807, 2.05) is 0 Å². The molecule has 0 spiro atoms. The number of hydrogen-bond donors (Lipinski definition) is 1. The summed E-state index contributed by atoms with van der Waals surface area (Å²) in [6, 6.07) is 14.7. The first-order valence-electron chi connectivity index (χ1n) is 7.36. The standard InChI is InChI=1S/C18H16FNO3/c19-13-8-6-11(7-9-13)14-10-15(14)18(22)23-16(17(20)21)12-4-2-1-3-5-12/h1-9,14-16H,10H2,(H2,20,21)/t14-,15-,16+/m0/s1. The second-order valence-electron chi connectivity index (χ2n) is 5.63. The van der Waals surface area contributed by atoms with Crippen molar-refractivity contribution in [3.8, 4) is 0 Å². The zero-order chi connectivity index (χ0) is 16.4. The van der Waals surface area contributed by atoms with Crippen LogP contribution in [0.25, 0.3) is 0 Å². The van der Waals surface area contributed by atoms with Gasteiger partial charge in [-0.05, 0) is 30.0 Å². The molecule has 1 amide bonds. The van der Waals surface area contributed by atoms with Gasteiger partial charge in [0.2, 0.25) is 6.10 Å². The van der Waals surface area contributed by atoms with Crippen LogP contribution in [-0.4, -0.2) is 11.9 Å². The normalized spacial score (nSPS) is 20.6. The minimum atomic E-state index is -1.09. The lowest BCUT2D eigenvalue weighted by Crippen LogP contribution is -2.26. The van der Waals surface area contributed by atoms with E-state index in [9.17, 15) is 14.0 Å². The third kappa shape index (κ3) is 3.39. The fourth-order valence-corrected chi connectivity index (χ4v) is 2.66. The molecule has 4 nitrogen and oxygen atoms in total. The average molecular weight is 313 g/mol. The Morgan fingerprint density at radius 3 is 2.35 bits per heavy atom. The number of carbonyl (C=O) groups is 2. The van der Waals surface area contributed by atoms with Gasteiger partial charge in [0.05, 0.1) is 5.92 Å². The van der Waals surface area contributed by atoms with E-state index < -0.39 is 18.0 Å². The molecule has 1 aliphatic carbocycles. The van der Waals surface area contributed by atoms with Crippen LogP contribution in [0.1, 0.15) is 29.6 Å². The van der Waals surface area contributed by atoms with Crippen molar-refractivity contribution in [3.63, 3.8) is 0 Å². The predicted molar refractivity (Wildman–Crippen MR) is 81.7 cm³/mol.